The molecular weight excluding hydrogens is 362 g/mol. The molecule has 27 heavy (non-hydrogen) atoms. The van der Waals surface area contributed by atoms with Crippen LogP contribution in [0.5, 0.6) is 0 Å². The van der Waals surface area contributed by atoms with Gasteiger partial charge in [0, 0.05) is 17.1 Å². The Hall–Kier alpha value is -2.64. The van der Waals surface area contributed by atoms with E-state index in [2.05, 4.69) is 21.7 Å². The van der Waals surface area contributed by atoms with Crippen molar-refractivity contribution in [2.45, 2.75) is 20.3 Å². The van der Waals surface area contributed by atoms with Crippen LogP contribution in [0.15, 0.2) is 35.8 Å². The molecule has 142 valence electrons. The van der Waals surface area contributed by atoms with Gasteiger partial charge in [0.15, 0.2) is 0 Å². The van der Waals surface area contributed by atoms with E-state index in [1.165, 1.54) is 22.3 Å². The van der Waals surface area contributed by atoms with E-state index in [-0.39, 0.29) is 12.5 Å². The number of amides is 1. The average molecular weight is 385 g/mol. The Balaban J connectivity index is 1.50. The summed E-state index contributed by atoms with van der Waals surface area (Å²) in [6.45, 7) is 4.76. The maximum absolute atomic E-state index is 12.2. The highest BCUT2D eigenvalue weighted by atomic mass is 32.1. The zero-order valence-corrected chi connectivity index (χ0v) is 16.2. The number of nitrogens with one attached hydrogen (secondary N) is 3. The number of aryl methyl sites for hydroxylation is 1. The number of hydrogen-bond donors (Lipinski definition) is 3. The van der Waals surface area contributed by atoms with Gasteiger partial charge in [-0.25, -0.2) is 4.79 Å². The molecule has 1 aromatic carbocycles. The highest BCUT2D eigenvalue weighted by molar-refractivity contribution is 7.15. The van der Waals surface area contributed by atoms with Crippen molar-refractivity contribution in [1.29, 1.82) is 0 Å². The Labute approximate surface area is 161 Å². The number of aromatic amines is 1. The van der Waals surface area contributed by atoms with E-state index in [1.54, 1.807) is 6.92 Å². The van der Waals surface area contributed by atoms with Gasteiger partial charge in [-0.3, -0.25) is 4.79 Å². The lowest BCUT2D eigenvalue weighted by molar-refractivity contribution is -0.115. The minimum atomic E-state index is -0.404. The van der Waals surface area contributed by atoms with E-state index in [0.29, 0.717) is 23.7 Å². The molecule has 2 heterocycles. The van der Waals surface area contributed by atoms with Gasteiger partial charge in [-0.05, 0) is 49.4 Å². The minimum absolute atomic E-state index is 0.179. The predicted octanol–water partition coefficient (Wildman–Crippen LogP) is 3.49. The molecule has 6 nitrogen and oxygen atoms in total. The zero-order valence-electron chi connectivity index (χ0n) is 15.4. The van der Waals surface area contributed by atoms with Crippen molar-refractivity contribution in [3.63, 3.8) is 0 Å². The summed E-state index contributed by atoms with van der Waals surface area (Å²) in [5.74, 6) is -0.583. The maximum Gasteiger partial charge on any atom is 0.341 e. The van der Waals surface area contributed by atoms with Crippen molar-refractivity contribution in [3.8, 4) is 0 Å². The molecule has 0 aliphatic heterocycles. The number of esters is 1. The van der Waals surface area contributed by atoms with Crippen molar-refractivity contribution in [2.75, 3.05) is 25.0 Å². The average Bonchev–Trinajstić information content (AvgIpc) is 3.22. The van der Waals surface area contributed by atoms with Crippen molar-refractivity contribution in [2.24, 2.45) is 0 Å². The second kappa shape index (κ2) is 8.83. The molecule has 1 amide bonds. The molecule has 0 saturated heterocycles. The first-order chi connectivity index (χ1) is 13.1. The molecule has 0 aliphatic carbocycles. The molecule has 0 atom stereocenters. The van der Waals surface area contributed by atoms with Crippen LogP contribution in [-0.2, 0) is 16.0 Å². The van der Waals surface area contributed by atoms with Gasteiger partial charge in [-0.15, -0.1) is 11.3 Å². The summed E-state index contributed by atoms with van der Waals surface area (Å²) in [4.78, 5) is 27.5. The number of para-hydroxylation sites is 1. The van der Waals surface area contributed by atoms with Gasteiger partial charge in [0.05, 0.1) is 18.7 Å². The number of carbonyl (C=O) groups excluding carboxylic acids is 2. The van der Waals surface area contributed by atoms with Crippen LogP contribution < -0.4 is 10.6 Å². The number of anilines is 1. The smallest absolute Gasteiger partial charge is 0.341 e. The van der Waals surface area contributed by atoms with E-state index in [1.807, 2.05) is 36.7 Å². The van der Waals surface area contributed by atoms with Crippen LogP contribution in [0.3, 0.4) is 0 Å². The van der Waals surface area contributed by atoms with Crippen LogP contribution in [0.2, 0.25) is 0 Å². The third-order valence-corrected chi connectivity index (χ3v) is 5.25. The summed E-state index contributed by atoms with van der Waals surface area (Å²) in [5.41, 5.74) is 3.58. The fourth-order valence-electron chi connectivity index (χ4n) is 2.93. The van der Waals surface area contributed by atoms with Crippen LogP contribution in [0, 0.1) is 6.92 Å². The van der Waals surface area contributed by atoms with E-state index in [0.717, 1.165) is 17.5 Å². The number of H-pyrrole nitrogens is 1. The quantitative estimate of drug-likeness (QED) is 0.409. The summed E-state index contributed by atoms with van der Waals surface area (Å²) in [6.07, 6.45) is 2.83. The predicted molar refractivity (Wildman–Crippen MR) is 109 cm³/mol. The standard InChI is InChI=1S/C20H23N3O3S/c1-3-26-20(25)18-13(2)12-27-19(18)23-17(24)11-21-9-8-14-10-22-16-7-5-4-6-15(14)16/h4-7,10,12,21-22H,3,8-9,11H2,1-2H3,(H,23,24). The van der Waals surface area contributed by atoms with Crippen LogP contribution in [0.4, 0.5) is 5.00 Å². The Morgan fingerprint density at radius 1 is 1.26 bits per heavy atom. The van der Waals surface area contributed by atoms with Crippen molar-refractivity contribution < 1.29 is 14.3 Å². The number of hydrogen-bond acceptors (Lipinski definition) is 5. The summed E-state index contributed by atoms with van der Waals surface area (Å²) >= 11 is 1.33. The normalized spacial score (nSPS) is 10.9. The zero-order chi connectivity index (χ0) is 19.2. The number of aromatic nitrogens is 1. The summed E-state index contributed by atoms with van der Waals surface area (Å²) < 4.78 is 5.06. The monoisotopic (exact) mass is 385 g/mol. The van der Waals surface area contributed by atoms with Gasteiger partial charge in [0.1, 0.15) is 5.00 Å². The van der Waals surface area contributed by atoms with Gasteiger partial charge in [-0.2, -0.15) is 0 Å². The molecule has 0 fully saturated rings. The Bertz CT molecular complexity index is 945. The molecule has 0 spiro atoms. The van der Waals surface area contributed by atoms with Crippen LogP contribution in [0.1, 0.15) is 28.4 Å². The number of benzene rings is 1. The van der Waals surface area contributed by atoms with Gasteiger partial charge in [0.2, 0.25) is 5.91 Å². The fourth-order valence-corrected chi connectivity index (χ4v) is 3.87. The number of fused-ring (bicyclic) bond motifs is 1. The van der Waals surface area contributed by atoms with Crippen molar-refractivity contribution >= 4 is 39.1 Å². The highest BCUT2D eigenvalue weighted by Gasteiger charge is 2.19. The third-order valence-electron chi connectivity index (χ3n) is 4.24. The van der Waals surface area contributed by atoms with E-state index < -0.39 is 5.97 Å². The number of ether oxygens (including phenoxy) is 1. The minimum Gasteiger partial charge on any atom is -0.462 e. The Morgan fingerprint density at radius 3 is 2.89 bits per heavy atom. The van der Waals surface area contributed by atoms with Gasteiger partial charge in [0.25, 0.3) is 0 Å². The molecule has 3 N–H and O–H groups in total. The van der Waals surface area contributed by atoms with Gasteiger partial charge >= 0.3 is 5.97 Å². The summed E-state index contributed by atoms with van der Waals surface area (Å²) in [7, 11) is 0. The first-order valence-corrected chi connectivity index (χ1v) is 9.79. The Kier molecular flexibility index (Phi) is 6.26. The lowest BCUT2D eigenvalue weighted by Crippen LogP contribution is -2.29. The lowest BCUT2D eigenvalue weighted by Gasteiger charge is -2.08. The second-order valence-electron chi connectivity index (χ2n) is 6.18. The molecule has 3 aromatic rings. The van der Waals surface area contributed by atoms with Gasteiger partial charge < -0.3 is 20.4 Å². The molecule has 0 radical (unpaired) electrons. The largest absolute Gasteiger partial charge is 0.462 e. The topological polar surface area (TPSA) is 83.2 Å². The van der Waals surface area contributed by atoms with E-state index in [4.69, 9.17) is 4.74 Å². The first-order valence-electron chi connectivity index (χ1n) is 8.91. The lowest BCUT2D eigenvalue weighted by atomic mass is 10.1. The fraction of sp³-hybridized carbons (Fsp3) is 0.300. The summed E-state index contributed by atoms with van der Waals surface area (Å²) in [6, 6.07) is 8.15. The molecule has 0 saturated carbocycles. The highest BCUT2D eigenvalue weighted by Crippen LogP contribution is 2.28. The molecule has 2 aromatic heterocycles. The molecule has 3 rings (SSSR count). The van der Waals surface area contributed by atoms with Crippen molar-refractivity contribution in [3.05, 3.63) is 52.5 Å². The molecule has 0 bridgehead atoms. The van der Waals surface area contributed by atoms with E-state index >= 15 is 0 Å². The first kappa shape index (κ1) is 19.1. The van der Waals surface area contributed by atoms with Crippen LogP contribution in [0.25, 0.3) is 10.9 Å². The molecular formula is C20H23N3O3S. The molecule has 7 heteroatoms. The number of rotatable bonds is 8. The maximum atomic E-state index is 12.2. The Morgan fingerprint density at radius 2 is 2.07 bits per heavy atom. The number of carbonyl (C=O) groups is 2. The number of thiophene rings is 1. The summed E-state index contributed by atoms with van der Waals surface area (Å²) in [5, 5.41) is 9.54. The van der Waals surface area contributed by atoms with Crippen LogP contribution in [-0.4, -0.2) is 36.6 Å². The second-order valence-corrected chi connectivity index (χ2v) is 7.06. The van der Waals surface area contributed by atoms with E-state index in [9.17, 15) is 9.59 Å². The van der Waals surface area contributed by atoms with Crippen molar-refractivity contribution in [1.82, 2.24) is 10.3 Å². The third kappa shape index (κ3) is 4.56. The SMILES string of the molecule is CCOC(=O)c1c(C)csc1NC(=O)CNCCc1c[nH]c2ccccc12. The molecule has 0 unspecified atom stereocenters. The van der Waals surface area contributed by atoms with Crippen LogP contribution >= 0.6 is 11.3 Å². The van der Waals surface area contributed by atoms with Gasteiger partial charge in [-0.1, -0.05) is 18.2 Å². The molecule has 0 aliphatic rings.